The number of para-hydroxylation sites is 1. The lowest BCUT2D eigenvalue weighted by atomic mass is 10.1. The summed E-state index contributed by atoms with van der Waals surface area (Å²) in [5.41, 5.74) is 2.36. The average molecular weight is 297 g/mol. The summed E-state index contributed by atoms with van der Waals surface area (Å²) in [5, 5.41) is 2.80. The Morgan fingerprint density at radius 3 is 2.50 bits per heavy atom. The summed E-state index contributed by atoms with van der Waals surface area (Å²) in [5.74, 6) is 0.145. The van der Waals surface area contributed by atoms with Crippen molar-refractivity contribution in [2.24, 2.45) is 0 Å². The topological polar surface area (TPSA) is 55.4 Å². The van der Waals surface area contributed by atoms with Crippen LogP contribution in [-0.2, 0) is 11.2 Å². The Morgan fingerprint density at radius 1 is 1.18 bits per heavy atom. The molecule has 2 aromatic rings. The first kappa shape index (κ1) is 15.8. The molecule has 1 amide bonds. The van der Waals surface area contributed by atoms with E-state index in [-0.39, 0.29) is 5.91 Å². The van der Waals surface area contributed by atoms with Crippen LogP contribution in [-0.4, -0.2) is 18.3 Å². The number of anilines is 1. The first-order valence-corrected chi connectivity index (χ1v) is 7.24. The standard InChI is InChI=1S/C18H19NO3/c1-3-14-8-10-16(11-9-14)19-18(21)13(2)22-17-7-5-4-6-15(17)12-20/h4-13H,3H2,1-2H3,(H,19,21)/t13-/m1/s1. The Bertz CT molecular complexity index is 650. The van der Waals surface area contributed by atoms with Gasteiger partial charge in [-0.25, -0.2) is 0 Å². The van der Waals surface area contributed by atoms with Gasteiger partial charge in [0.1, 0.15) is 5.75 Å². The fourth-order valence-electron chi connectivity index (χ4n) is 2.00. The third-order valence-electron chi connectivity index (χ3n) is 3.35. The second kappa shape index (κ2) is 7.41. The fraction of sp³-hybridized carbons (Fsp3) is 0.222. The van der Waals surface area contributed by atoms with Crippen LogP contribution in [0.4, 0.5) is 5.69 Å². The van der Waals surface area contributed by atoms with Gasteiger partial charge in [-0.15, -0.1) is 0 Å². The molecule has 0 aliphatic heterocycles. The third-order valence-corrected chi connectivity index (χ3v) is 3.35. The molecule has 0 bridgehead atoms. The minimum absolute atomic E-state index is 0.259. The van der Waals surface area contributed by atoms with Crippen LogP contribution in [0.1, 0.15) is 29.8 Å². The molecule has 1 atom stereocenters. The van der Waals surface area contributed by atoms with Crippen LogP contribution in [0.5, 0.6) is 5.75 Å². The second-order valence-electron chi connectivity index (χ2n) is 4.96. The van der Waals surface area contributed by atoms with Gasteiger partial charge in [-0.2, -0.15) is 0 Å². The van der Waals surface area contributed by atoms with Crippen molar-refractivity contribution in [2.45, 2.75) is 26.4 Å². The van der Waals surface area contributed by atoms with Crippen LogP contribution in [0.3, 0.4) is 0 Å². The molecule has 22 heavy (non-hydrogen) atoms. The van der Waals surface area contributed by atoms with Crippen LogP contribution in [0.25, 0.3) is 0 Å². The van der Waals surface area contributed by atoms with Crippen molar-refractivity contribution in [2.75, 3.05) is 5.32 Å². The predicted octanol–water partition coefficient (Wildman–Crippen LogP) is 3.47. The highest BCUT2D eigenvalue weighted by Gasteiger charge is 2.16. The maximum absolute atomic E-state index is 12.1. The van der Waals surface area contributed by atoms with E-state index >= 15 is 0 Å². The second-order valence-corrected chi connectivity index (χ2v) is 4.96. The van der Waals surface area contributed by atoms with Gasteiger partial charge < -0.3 is 10.1 Å². The van der Waals surface area contributed by atoms with E-state index < -0.39 is 6.10 Å². The van der Waals surface area contributed by atoms with Crippen LogP contribution in [0.15, 0.2) is 48.5 Å². The lowest BCUT2D eigenvalue weighted by Crippen LogP contribution is -2.30. The summed E-state index contributed by atoms with van der Waals surface area (Å²) in [6.07, 6.45) is 0.964. The molecule has 4 nitrogen and oxygen atoms in total. The molecule has 2 aromatic carbocycles. The van der Waals surface area contributed by atoms with Crippen LogP contribution < -0.4 is 10.1 Å². The first-order valence-electron chi connectivity index (χ1n) is 7.24. The zero-order valence-corrected chi connectivity index (χ0v) is 12.7. The van der Waals surface area contributed by atoms with Crippen LogP contribution >= 0.6 is 0 Å². The Hall–Kier alpha value is -2.62. The molecule has 114 valence electrons. The fourth-order valence-corrected chi connectivity index (χ4v) is 2.00. The number of nitrogens with one attached hydrogen (secondary N) is 1. The molecule has 0 aromatic heterocycles. The molecular weight excluding hydrogens is 278 g/mol. The van der Waals surface area contributed by atoms with E-state index in [0.29, 0.717) is 17.6 Å². The Labute approximate surface area is 130 Å². The molecule has 1 N–H and O–H groups in total. The highest BCUT2D eigenvalue weighted by Crippen LogP contribution is 2.18. The van der Waals surface area contributed by atoms with Gasteiger partial charge in [-0.3, -0.25) is 9.59 Å². The van der Waals surface area contributed by atoms with Crippen molar-refractivity contribution in [3.8, 4) is 5.75 Å². The zero-order chi connectivity index (χ0) is 15.9. The number of aryl methyl sites for hydroxylation is 1. The quantitative estimate of drug-likeness (QED) is 0.831. The molecular formula is C18H19NO3. The summed E-state index contributed by atoms with van der Waals surface area (Å²) in [6.45, 7) is 3.73. The largest absolute Gasteiger partial charge is 0.480 e. The Balaban J connectivity index is 2.00. The van der Waals surface area contributed by atoms with Crippen molar-refractivity contribution in [1.29, 1.82) is 0 Å². The zero-order valence-electron chi connectivity index (χ0n) is 12.7. The first-order chi connectivity index (χ1) is 10.6. The van der Waals surface area contributed by atoms with Gasteiger partial charge in [0.2, 0.25) is 0 Å². The lowest BCUT2D eigenvalue weighted by molar-refractivity contribution is -0.122. The maximum Gasteiger partial charge on any atom is 0.265 e. The molecule has 0 aliphatic rings. The highest BCUT2D eigenvalue weighted by molar-refractivity contribution is 5.94. The van der Waals surface area contributed by atoms with E-state index in [1.165, 1.54) is 5.56 Å². The monoisotopic (exact) mass is 297 g/mol. The minimum Gasteiger partial charge on any atom is -0.480 e. The molecule has 0 spiro atoms. The van der Waals surface area contributed by atoms with Crippen LogP contribution in [0, 0.1) is 0 Å². The van der Waals surface area contributed by atoms with Crippen LogP contribution in [0.2, 0.25) is 0 Å². The molecule has 4 heteroatoms. The molecule has 0 heterocycles. The van der Waals surface area contributed by atoms with Crippen molar-refractivity contribution >= 4 is 17.9 Å². The molecule has 0 saturated heterocycles. The number of hydrogen-bond acceptors (Lipinski definition) is 3. The number of rotatable bonds is 6. The molecule has 0 unspecified atom stereocenters. The van der Waals surface area contributed by atoms with Gasteiger partial charge in [0, 0.05) is 5.69 Å². The minimum atomic E-state index is -0.702. The summed E-state index contributed by atoms with van der Waals surface area (Å²) in [7, 11) is 0. The number of aldehydes is 1. The number of carbonyl (C=O) groups excluding carboxylic acids is 2. The van der Waals surface area contributed by atoms with Gasteiger partial charge in [0.25, 0.3) is 5.91 Å². The lowest BCUT2D eigenvalue weighted by Gasteiger charge is -2.16. The predicted molar refractivity (Wildman–Crippen MR) is 86.4 cm³/mol. The van der Waals surface area contributed by atoms with Crippen molar-refractivity contribution in [3.63, 3.8) is 0 Å². The van der Waals surface area contributed by atoms with E-state index in [1.54, 1.807) is 31.2 Å². The molecule has 0 aliphatic carbocycles. The van der Waals surface area contributed by atoms with E-state index in [0.717, 1.165) is 12.1 Å². The van der Waals surface area contributed by atoms with Crippen molar-refractivity contribution in [1.82, 2.24) is 0 Å². The van der Waals surface area contributed by atoms with E-state index in [2.05, 4.69) is 12.2 Å². The third kappa shape index (κ3) is 3.95. The number of amides is 1. The van der Waals surface area contributed by atoms with E-state index in [9.17, 15) is 9.59 Å². The smallest absolute Gasteiger partial charge is 0.265 e. The Morgan fingerprint density at radius 2 is 1.86 bits per heavy atom. The molecule has 2 rings (SSSR count). The highest BCUT2D eigenvalue weighted by atomic mass is 16.5. The number of benzene rings is 2. The van der Waals surface area contributed by atoms with Gasteiger partial charge >= 0.3 is 0 Å². The average Bonchev–Trinajstić information content (AvgIpc) is 2.56. The number of ether oxygens (including phenoxy) is 1. The molecule has 0 radical (unpaired) electrons. The molecule has 0 saturated carbocycles. The Kier molecular flexibility index (Phi) is 5.31. The van der Waals surface area contributed by atoms with Gasteiger partial charge in [0.05, 0.1) is 5.56 Å². The summed E-state index contributed by atoms with van der Waals surface area (Å²) >= 11 is 0. The summed E-state index contributed by atoms with van der Waals surface area (Å²) in [6, 6.07) is 14.5. The number of hydrogen-bond donors (Lipinski definition) is 1. The van der Waals surface area contributed by atoms with Gasteiger partial charge in [0.15, 0.2) is 12.4 Å². The SMILES string of the molecule is CCc1ccc(NC(=O)[C@@H](C)Oc2ccccc2C=O)cc1. The van der Waals surface area contributed by atoms with Gasteiger partial charge in [-0.1, -0.05) is 31.2 Å². The van der Waals surface area contributed by atoms with Crippen molar-refractivity contribution < 1.29 is 14.3 Å². The van der Waals surface area contributed by atoms with Gasteiger partial charge in [-0.05, 0) is 43.2 Å². The van der Waals surface area contributed by atoms with E-state index in [1.807, 2.05) is 24.3 Å². The number of carbonyl (C=O) groups is 2. The van der Waals surface area contributed by atoms with Crippen molar-refractivity contribution in [3.05, 3.63) is 59.7 Å². The summed E-state index contributed by atoms with van der Waals surface area (Å²) in [4.78, 5) is 23.1. The molecule has 0 fully saturated rings. The maximum atomic E-state index is 12.1. The normalized spacial score (nSPS) is 11.5. The van der Waals surface area contributed by atoms with E-state index in [4.69, 9.17) is 4.74 Å². The summed E-state index contributed by atoms with van der Waals surface area (Å²) < 4.78 is 5.57.